The fourth-order valence-corrected chi connectivity index (χ4v) is 3.13. The predicted octanol–water partition coefficient (Wildman–Crippen LogP) is 3.21. The van der Waals surface area contributed by atoms with Gasteiger partial charge in [-0.3, -0.25) is 10.1 Å². The summed E-state index contributed by atoms with van der Waals surface area (Å²) in [5.74, 6) is -3.46. The minimum absolute atomic E-state index is 0.0182. The summed E-state index contributed by atoms with van der Waals surface area (Å²) in [6, 6.07) is 6.90. The van der Waals surface area contributed by atoms with Crippen molar-refractivity contribution in [2.24, 2.45) is 0 Å². The Hall–Kier alpha value is -4.52. The van der Waals surface area contributed by atoms with Gasteiger partial charge in [0.1, 0.15) is 12.4 Å². The van der Waals surface area contributed by atoms with Crippen LogP contribution in [0.5, 0.6) is 11.8 Å². The Morgan fingerprint density at radius 3 is 2.29 bits per heavy atom. The van der Waals surface area contributed by atoms with Crippen molar-refractivity contribution < 1.29 is 46.8 Å². The lowest BCUT2D eigenvalue weighted by molar-refractivity contribution is -0.581. The molecule has 11 nitrogen and oxygen atoms in total. The number of nitrogens with zero attached hydrogens (tertiary/aromatic N) is 3. The average molecular weight is 490 g/mol. The molecule has 0 aliphatic rings. The second-order valence-electron chi connectivity index (χ2n) is 6.78. The summed E-state index contributed by atoms with van der Waals surface area (Å²) in [4.78, 5) is 40.3. The van der Waals surface area contributed by atoms with Crippen LogP contribution in [0.1, 0.15) is 16.1 Å². The monoisotopic (exact) mass is 490 g/mol. The van der Waals surface area contributed by atoms with Gasteiger partial charge >= 0.3 is 18.1 Å². The number of halogens is 2. The highest BCUT2D eigenvalue weighted by molar-refractivity contribution is 5.97. The molecule has 3 rings (SSSR count). The van der Waals surface area contributed by atoms with Crippen LogP contribution in [0.3, 0.4) is 0 Å². The van der Waals surface area contributed by atoms with Gasteiger partial charge in [-0.05, 0) is 35.3 Å². The van der Waals surface area contributed by atoms with Gasteiger partial charge in [0.25, 0.3) is 5.69 Å². The normalized spacial score (nSPS) is 10.5. The quantitative estimate of drug-likeness (QED) is 0.212. The summed E-state index contributed by atoms with van der Waals surface area (Å²) >= 11 is 0. The van der Waals surface area contributed by atoms with Crippen LogP contribution < -0.4 is 14.0 Å². The first-order chi connectivity index (χ1) is 16.7. The third kappa shape index (κ3) is 5.19. The molecule has 0 bridgehead atoms. The minimum Gasteiger partial charge on any atom is -0.465 e. The highest BCUT2D eigenvalue weighted by atomic mass is 19.2. The lowest BCUT2D eigenvalue weighted by atomic mass is 10.0. The Balaban J connectivity index is 2.28. The van der Waals surface area contributed by atoms with Gasteiger partial charge in [0.05, 0.1) is 19.1 Å². The number of benzene rings is 2. The van der Waals surface area contributed by atoms with Crippen molar-refractivity contribution in [2.45, 2.75) is 6.61 Å². The molecule has 13 heteroatoms. The van der Waals surface area contributed by atoms with E-state index in [-0.39, 0.29) is 46.6 Å². The molecule has 0 N–H and O–H groups in total. The maximum atomic E-state index is 14.2. The van der Waals surface area contributed by atoms with Gasteiger partial charge in [-0.25, -0.2) is 13.6 Å². The maximum absolute atomic E-state index is 14.2. The molecule has 1 heterocycles. The molecule has 182 valence electrons. The largest absolute Gasteiger partial charge is 0.520 e. The zero-order chi connectivity index (χ0) is 25.7. The lowest BCUT2D eigenvalue weighted by Crippen LogP contribution is -2.50. The van der Waals surface area contributed by atoms with E-state index in [9.17, 15) is 28.5 Å². The van der Waals surface area contributed by atoms with Crippen molar-refractivity contribution in [1.82, 2.24) is 4.98 Å². The Morgan fingerprint density at radius 2 is 1.74 bits per heavy atom. The number of carbonyl (C=O) groups is 2. The molecule has 0 unspecified atom stereocenters. The zero-order valence-corrected chi connectivity index (χ0v) is 18.6. The molecule has 0 saturated heterocycles. The van der Waals surface area contributed by atoms with Crippen LogP contribution in [0.2, 0.25) is 0 Å². The van der Waals surface area contributed by atoms with Crippen molar-refractivity contribution in [3.63, 3.8) is 0 Å². The fourth-order valence-electron chi connectivity index (χ4n) is 3.13. The summed E-state index contributed by atoms with van der Waals surface area (Å²) in [5.41, 5.74) is -0.933. The van der Waals surface area contributed by atoms with Crippen LogP contribution in [0.15, 0.2) is 42.5 Å². The number of ether oxygens (including phenoxy) is 4. The number of non-ortho nitro benzene ring substituents is 1. The molecular weight excluding hydrogens is 472 g/mol. The Labute approximate surface area is 196 Å². The van der Waals surface area contributed by atoms with Crippen molar-refractivity contribution in [2.75, 3.05) is 21.3 Å². The van der Waals surface area contributed by atoms with Gasteiger partial charge < -0.3 is 18.9 Å². The van der Waals surface area contributed by atoms with Crippen LogP contribution in [0.4, 0.5) is 19.3 Å². The number of methoxy groups -OCH3 is 3. The van der Waals surface area contributed by atoms with E-state index in [2.05, 4.69) is 4.98 Å². The topological polar surface area (TPSA) is 131 Å². The molecule has 0 aliphatic heterocycles. The number of hydrogen-bond acceptors (Lipinski definition) is 9. The van der Waals surface area contributed by atoms with Crippen molar-refractivity contribution in [3.05, 3.63) is 75.5 Å². The second-order valence-corrected chi connectivity index (χ2v) is 6.78. The molecule has 2 aromatic carbocycles. The number of aromatic nitrogens is 2. The predicted molar refractivity (Wildman–Crippen MR) is 113 cm³/mol. The van der Waals surface area contributed by atoms with Crippen LogP contribution in [-0.4, -0.2) is 43.3 Å². The van der Waals surface area contributed by atoms with E-state index in [0.717, 1.165) is 42.0 Å². The molecule has 0 saturated carbocycles. The number of nitro benzene ring substituents is 1. The Morgan fingerprint density at radius 1 is 1.06 bits per heavy atom. The van der Waals surface area contributed by atoms with Gasteiger partial charge in [0.2, 0.25) is 5.69 Å². The van der Waals surface area contributed by atoms with Gasteiger partial charge in [0, 0.05) is 24.8 Å². The van der Waals surface area contributed by atoms with E-state index < -0.39 is 28.6 Å². The van der Waals surface area contributed by atoms with Gasteiger partial charge in [-0.2, -0.15) is 4.79 Å². The number of nitro groups is 1. The first kappa shape index (κ1) is 25.1. The summed E-state index contributed by atoms with van der Waals surface area (Å²) in [6.07, 6.45) is -1.17. The fraction of sp³-hybridized carbons (Fsp3) is 0.182. The Kier molecular flexibility index (Phi) is 7.61. The number of rotatable bonds is 7. The molecule has 0 fully saturated rings. The molecule has 0 radical (unpaired) electrons. The number of carbonyl (C=O) groups excluding carboxylic acids is 2. The van der Waals surface area contributed by atoms with Crippen molar-refractivity contribution in [3.8, 4) is 23.0 Å². The van der Waals surface area contributed by atoms with Crippen LogP contribution in [0.25, 0.3) is 11.3 Å². The number of hydrogen-bond donors (Lipinski definition) is 0. The molecule has 0 atom stereocenters. The summed E-state index contributed by atoms with van der Waals surface area (Å²) < 4.78 is 48.9. The van der Waals surface area contributed by atoms with Gasteiger partial charge in [-0.1, -0.05) is 4.57 Å². The molecule has 0 amide bonds. The van der Waals surface area contributed by atoms with E-state index in [1.807, 2.05) is 0 Å². The first-order valence-electron chi connectivity index (χ1n) is 9.74. The van der Waals surface area contributed by atoms with Crippen LogP contribution in [0, 0.1) is 21.7 Å². The minimum atomic E-state index is -1.25. The summed E-state index contributed by atoms with van der Waals surface area (Å²) in [5, 5.41) is 10.9. The number of esters is 1. The lowest BCUT2D eigenvalue weighted by Gasteiger charge is -2.13. The molecule has 3 aromatic rings. The van der Waals surface area contributed by atoms with E-state index in [1.165, 1.54) is 26.4 Å². The smallest absolute Gasteiger partial charge is 0.465 e. The summed E-state index contributed by atoms with van der Waals surface area (Å²) in [6.45, 7) is -0.226. The van der Waals surface area contributed by atoms with Crippen LogP contribution in [-0.2, 0) is 16.1 Å². The molecular formula is C22H18F2N3O8+. The molecule has 1 aromatic heterocycles. The third-order valence-corrected chi connectivity index (χ3v) is 4.65. The first-order valence-corrected chi connectivity index (χ1v) is 9.74. The van der Waals surface area contributed by atoms with E-state index in [4.69, 9.17) is 18.9 Å². The molecule has 0 aliphatic carbocycles. The van der Waals surface area contributed by atoms with Gasteiger partial charge in [-0.15, -0.1) is 0 Å². The van der Waals surface area contributed by atoms with E-state index in [0.29, 0.717) is 0 Å². The van der Waals surface area contributed by atoms with E-state index >= 15 is 0 Å². The zero-order valence-electron chi connectivity index (χ0n) is 18.6. The average Bonchev–Trinajstić information content (AvgIpc) is 2.84. The summed E-state index contributed by atoms with van der Waals surface area (Å²) in [7, 11) is 3.59. The third-order valence-electron chi connectivity index (χ3n) is 4.65. The highest BCUT2D eigenvalue weighted by Gasteiger charge is 2.38. The maximum Gasteiger partial charge on any atom is 0.520 e. The Bertz CT molecular complexity index is 1300. The van der Waals surface area contributed by atoms with Crippen molar-refractivity contribution >= 4 is 17.7 Å². The van der Waals surface area contributed by atoms with Crippen LogP contribution >= 0.6 is 0 Å². The second kappa shape index (κ2) is 10.6. The van der Waals surface area contributed by atoms with Gasteiger partial charge in [0.15, 0.2) is 22.9 Å². The standard InChI is InChI=1S/C22H18F2N3O8/c1-32-11-17-18(20(28)33-2)19(12-4-9-15(23)16(24)10-12)26(21(25-17)34-3)22(29)35-14-7-5-13(6-8-14)27(30)31/h4-10H,11H2,1-3H3/q+1. The SMILES string of the molecule is COCc1nc(OC)[n+](C(=O)Oc2ccc([N+](=O)[O-])cc2)c(-c2ccc(F)c(F)c2)c1C(=O)OC. The highest BCUT2D eigenvalue weighted by Crippen LogP contribution is 2.28. The van der Waals surface area contributed by atoms with E-state index in [1.54, 1.807) is 0 Å². The molecule has 35 heavy (non-hydrogen) atoms. The molecule has 0 spiro atoms. The van der Waals surface area contributed by atoms with Crippen molar-refractivity contribution in [1.29, 1.82) is 0 Å².